The third kappa shape index (κ3) is 12.8. The zero-order chi connectivity index (χ0) is 32.8. The van der Waals surface area contributed by atoms with E-state index in [4.69, 9.17) is 11.2 Å². The van der Waals surface area contributed by atoms with Gasteiger partial charge in [-0.2, -0.15) is 0 Å². The maximum absolute atomic E-state index is 9.77. The van der Waals surface area contributed by atoms with Gasteiger partial charge in [-0.3, -0.25) is 9.69 Å². The average molecular weight is 760 g/mol. The number of terminal acetylenes is 1. The first-order chi connectivity index (χ1) is 22.7. The second-order valence-electron chi connectivity index (χ2n) is 15.0. The van der Waals surface area contributed by atoms with Gasteiger partial charge < -0.3 is 24.6 Å². The molecule has 4 atom stereocenters. The van der Waals surface area contributed by atoms with Crippen molar-refractivity contribution < 1.29 is 14.3 Å². The Kier molecular flexibility index (Phi) is 17.9. The van der Waals surface area contributed by atoms with Crippen LogP contribution in [0.2, 0.25) is 19.6 Å². The number of carbonyl (C=O) groups is 1. The number of hydrogen-bond acceptors (Lipinski definition) is 9. The summed E-state index contributed by atoms with van der Waals surface area (Å²) in [6, 6.07) is 8.99. The van der Waals surface area contributed by atoms with Crippen molar-refractivity contribution in [1.82, 2.24) is 20.2 Å². The number of ether oxygens (including phenoxy) is 2. The van der Waals surface area contributed by atoms with Gasteiger partial charge in [0.2, 0.25) is 0 Å². The number of nitrogens with one attached hydrogen (secondary N) is 1. The zero-order valence-corrected chi connectivity index (χ0v) is 31.7. The van der Waals surface area contributed by atoms with Crippen LogP contribution in [0, 0.1) is 47.5 Å². The number of halogens is 2. The summed E-state index contributed by atoms with van der Waals surface area (Å²) in [5.74, 6) is 11.4. The van der Waals surface area contributed by atoms with Gasteiger partial charge in [-0.25, -0.2) is 9.97 Å². The number of fused-ring (bicyclic) bond motifs is 4. The van der Waals surface area contributed by atoms with Crippen molar-refractivity contribution in [3.63, 3.8) is 0 Å². The first-order valence-corrected chi connectivity index (χ1v) is 20.7. The molecule has 2 aromatic heterocycles. The van der Waals surface area contributed by atoms with Crippen LogP contribution in [-0.2, 0) is 14.3 Å². The largest absolute Gasteiger partial charge is 0.378 e. The molecule has 0 aromatic carbocycles. The summed E-state index contributed by atoms with van der Waals surface area (Å²) in [5.41, 5.74) is 5.29. The number of Topliss-reactive ketones (excluding diaryl/α,β-unsaturated/α-hetero) is 1. The number of hydrogen-bond donors (Lipinski definition) is 1. The molecule has 0 radical (unpaired) electrons. The molecule has 4 bridgehead atoms. The molecular formula is C39H60Cl2N6O3Si. The van der Waals surface area contributed by atoms with Gasteiger partial charge >= 0.3 is 0 Å². The van der Waals surface area contributed by atoms with E-state index < -0.39 is 8.07 Å². The quantitative estimate of drug-likeness (QED) is 0.333. The van der Waals surface area contributed by atoms with Crippen molar-refractivity contribution in [2.45, 2.75) is 53.4 Å². The summed E-state index contributed by atoms with van der Waals surface area (Å²) in [4.78, 5) is 26.5. The van der Waals surface area contributed by atoms with E-state index >= 15 is 0 Å². The fourth-order valence-electron chi connectivity index (χ4n) is 7.28. The van der Waals surface area contributed by atoms with E-state index in [1.807, 2.05) is 12.3 Å². The lowest BCUT2D eigenvalue weighted by Crippen LogP contribution is -2.59. The highest BCUT2D eigenvalue weighted by molar-refractivity contribution is 6.83. The van der Waals surface area contributed by atoms with Gasteiger partial charge in [0, 0.05) is 62.8 Å². The maximum Gasteiger partial charge on any atom is 0.184 e. The summed E-state index contributed by atoms with van der Waals surface area (Å²) < 4.78 is 9.83. The monoisotopic (exact) mass is 758 g/mol. The number of rotatable bonds is 3. The summed E-state index contributed by atoms with van der Waals surface area (Å²) in [7, 11) is -1.31. The molecule has 282 valence electrons. The number of pyridine rings is 2. The average Bonchev–Trinajstić information content (AvgIpc) is 3.02. The van der Waals surface area contributed by atoms with Crippen LogP contribution in [0.5, 0.6) is 0 Å². The first-order valence-electron chi connectivity index (χ1n) is 17.2. The first kappa shape index (κ1) is 44.5. The summed E-state index contributed by atoms with van der Waals surface area (Å²) >= 11 is 0. The van der Waals surface area contributed by atoms with E-state index in [0.29, 0.717) is 19.3 Å². The topological polar surface area (TPSA) is 83.1 Å². The van der Waals surface area contributed by atoms with Crippen LogP contribution in [-0.4, -0.2) is 114 Å². The number of aromatic nitrogens is 2. The molecule has 12 heteroatoms. The predicted molar refractivity (Wildman–Crippen MR) is 217 cm³/mol. The van der Waals surface area contributed by atoms with Crippen LogP contribution in [0.3, 0.4) is 0 Å². The Morgan fingerprint density at radius 2 is 1.25 bits per heavy atom. The molecule has 6 aliphatic heterocycles. The number of carbonyl (C=O) groups excluding carboxylic acids is 1. The van der Waals surface area contributed by atoms with Crippen molar-refractivity contribution in [3.05, 3.63) is 47.8 Å². The highest BCUT2D eigenvalue weighted by Gasteiger charge is 2.38. The van der Waals surface area contributed by atoms with Crippen molar-refractivity contribution in [2.24, 2.45) is 23.7 Å². The molecule has 4 unspecified atom stereocenters. The Labute approximate surface area is 320 Å². The van der Waals surface area contributed by atoms with E-state index in [2.05, 4.69) is 89.9 Å². The molecule has 6 aliphatic rings. The Bertz CT molecular complexity index is 1440. The van der Waals surface area contributed by atoms with Crippen LogP contribution in [0.4, 0.5) is 11.6 Å². The molecule has 0 saturated carbocycles. The summed E-state index contributed by atoms with van der Waals surface area (Å²) in [6.07, 6.45) is 11.9. The van der Waals surface area contributed by atoms with Crippen LogP contribution < -0.4 is 15.1 Å². The van der Waals surface area contributed by atoms with Gasteiger partial charge in [0.05, 0.1) is 19.3 Å². The maximum atomic E-state index is 9.77. The van der Waals surface area contributed by atoms with Gasteiger partial charge in [-0.05, 0) is 73.9 Å². The number of nitrogens with zero attached hydrogens (tertiary/aromatic N) is 5. The van der Waals surface area contributed by atoms with Crippen LogP contribution in [0.1, 0.15) is 38.8 Å². The van der Waals surface area contributed by atoms with Gasteiger partial charge in [-0.15, -0.1) is 36.8 Å². The van der Waals surface area contributed by atoms with Crippen molar-refractivity contribution in [2.75, 3.05) is 88.6 Å². The van der Waals surface area contributed by atoms with Crippen LogP contribution in [0.25, 0.3) is 0 Å². The second kappa shape index (κ2) is 20.5. The molecular weight excluding hydrogens is 699 g/mol. The van der Waals surface area contributed by atoms with E-state index in [0.717, 1.165) is 98.9 Å². The Morgan fingerprint density at radius 1 is 0.765 bits per heavy atom. The normalized spacial score (nSPS) is 24.8. The Hall–Kier alpha value is -2.67. The highest BCUT2D eigenvalue weighted by Crippen LogP contribution is 2.33. The molecule has 8 rings (SSSR count). The SMILES string of the molecule is C.C.C#Cc1ccc(N2CC3CC(C2)CN(C2COC2)C3)nc1.C[Si](C)(C)C#Cc1ccc(N2CC3CNCC(C3)C2)nc1.Cl.Cl.O=C1COC1. The standard InChI is InChI=1S/C17H21N3O.C17H25N3Si.C3H4O2.2CH4.2ClH/c1-2-13-3-4-17(18-6-13)20-9-14-5-15(10-20)8-19(7-14)16-11-21-12-16;1-21(2,3)7-6-14-4-5-17(19-11-14)20-12-15-8-16(13-20)10-18-9-15;4-3-1-5-2-3;;;;/h1,3-4,6,14-16H,5,7-12H2;4-5,11,15-16,18H,8-10,12-13H2,1-3H3;1-2H2;2*1H4;2*1H. The van der Waals surface area contributed by atoms with E-state index in [-0.39, 0.29) is 45.5 Å². The molecule has 6 saturated heterocycles. The van der Waals surface area contributed by atoms with Gasteiger partial charge in [0.15, 0.2) is 5.78 Å². The number of piperidine rings is 4. The molecule has 1 N–H and O–H groups in total. The number of ketones is 1. The fourth-order valence-corrected chi connectivity index (χ4v) is 7.80. The lowest BCUT2D eigenvalue weighted by Gasteiger charge is -2.50. The predicted octanol–water partition coefficient (Wildman–Crippen LogP) is 5.28. The number of anilines is 2. The Morgan fingerprint density at radius 3 is 1.65 bits per heavy atom. The van der Waals surface area contributed by atoms with Crippen LogP contribution >= 0.6 is 24.8 Å². The summed E-state index contributed by atoms with van der Waals surface area (Å²) in [6.45, 7) is 18.6. The van der Waals surface area contributed by atoms with Gasteiger partial charge in [-0.1, -0.05) is 46.3 Å². The third-order valence-electron chi connectivity index (χ3n) is 9.65. The van der Waals surface area contributed by atoms with Gasteiger partial charge in [0.25, 0.3) is 0 Å². The zero-order valence-electron chi connectivity index (χ0n) is 29.1. The minimum absolute atomic E-state index is 0. The Balaban J connectivity index is 0.000000290. The van der Waals surface area contributed by atoms with Crippen molar-refractivity contribution >= 4 is 50.3 Å². The fraction of sp³-hybridized carbons (Fsp3) is 0.615. The molecule has 9 nitrogen and oxygen atoms in total. The molecule has 51 heavy (non-hydrogen) atoms. The van der Waals surface area contributed by atoms with Gasteiger partial charge in [0.1, 0.15) is 32.9 Å². The smallest absolute Gasteiger partial charge is 0.184 e. The molecule has 0 spiro atoms. The van der Waals surface area contributed by atoms with Crippen molar-refractivity contribution in [1.29, 1.82) is 0 Å². The second-order valence-corrected chi connectivity index (χ2v) is 19.8. The molecule has 6 fully saturated rings. The van der Waals surface area contributed by atoms with E-state index in [1.165, 1.54) is 25.9 Å². The molecule has 0 amide bonds. The lowest BCUT2D eigenvalue weighted by atomic mass is 9.84. The minimum atomic E-state index is -1.31. The van der Waals surface area contributed by atoms with E-state index in [1.54, 1.807) is 6.20 Å². The lowest BCUT2D eigenvalue weighted by molar-refractivity contribution is -0.140. The molecule has 8 heterocycles. The third-order valence-corrected chi connectivity index (χ3v) is 10.5. The van der Waals surface area contributed by atoms with Crippen molar-refractivity contribution in [3.8, 4) is 23.8 Å². The molecule has 0 aliphatic carbocycles. The summed E-state index contributed by atoms with van der Waals surface area (Å²) in [5, 5.41) is 3.54. The number of likely N-dealkylation sites (tertiary alicyclic amines) is 1. The van der Waals surface area contributed by atoms with Crippen LogP contribution in [0.15, 0.2) is 36.7 Å². The van der Waals surface area contributed by atoms with E-state index in [9.17, 15) is 4.79 Å². The molecule has 2 aromatic rings. The minimum Gasteiger partial charge on any atom is -0.378 e. The highest BCUT2D eigenvalue weighted by atomic mass is 35.5.